The highest BCUT2D eigenvalue weighted by Crippen LogP contribution is 2.12. The molecular weight excluding hydrogens is 204 g/mol. The first-order valence-electron chi connectivity index (χ1n) is 5.95. The van der Waals surface area contributed by atoms with Crippen molar-refractivity contribution in [3.05, 3.63) is 0 Å². The van der Waals surface area contributed by atoms with Crippen LogP contribution in [0.25, 0.3) is 0 Å². The molecule has 0 spiro atoms. The van der Waals surface area contributed by atoms with Gasteiger partial charge in [-0.15, -0.1) is 0 Å². The smallest absolute Gasteiger partial charge is 0.234 e. The summed E-state index contributed by atoms with van der Waals surface area (Å²) in [5.41, 5.74) is 5.34. The monoisotopic (exact) mass is 228 g/mol. The number of carbonyl (C=O) groups is 1. The third kappa shape index (κ3) is 3.73. The highest BCUT2D eigenvalue weighted by Gasteiger charge is 2.27. The zero-order valence-corrected chi connectivity index (χ0v) is 10.6. The van der Waals surface area contributed by atoms with Crippen LogP contribution in [-0.2, 0) is 4.79 Å². The molecule has 16 heavy (non-hydrogen) atoms. The summed E-state index contributed by atoms with van der Waals surface area (Å²) in [5.74, 6) is 0.0782. The molecule has 1 fully saturated rings. The minimum Gasteiger partial charge on any atom is -0.354 e. The summed E-state index contributed by atoms with van der Waals surface area (Å²) in [6.07, 6.45) is 0. The minimum atomic E-state index is 0.0782. The standard InChI is InChI=1S/C11H24N4O/c1-9-6-15(7-10(2)14(9)3)8-11(16)13-5-4-12/h9-10H,4-8,12H2,1-3H3,(H,13,16). The van der Waals surface area contributed by atoms with Crippen LogP contribution in [0.3, 0.4) is 0 Å². The van der Waals surface area contributed by atoms with Gasteiger partial charge in [-0.05, 0) is 20.9 Å². The maximum Gasteiger partial charge on any atom is 0.234 e. The number of hydrogen-bond acceptors (Lipinski definition) is 4. The number of nitrogens with zero attached hydrogens (tertiary/aromatic N) is 2. The number of rotatable bonds is 4. The topological polar surface area (TPSA) is 61.6 Å². The van der Waals surface area contributed by atoms with Gasteiger partial charge in [-0.1, -0.05) is 0 Å². The van der Waals surface area contributed by atoms with E-state index < -0.39 is 0 Å². The molecule has 0 bridgehead atoms. The van der Waals surface area contributed by atoms with E-state index in [0.717, 1.165) is 13.1 Å². The Bertz CT molecular complexity index is 222. The summed E-state index contributed by atoms with van der Waals surface area (Å²) in [6.45, 7) is 7.86. The number of nitrogens with one attached hydrogen (secondary N) is 1. The molecule has 0 aliphatic carbocycles. The molecule has 0 aromatic heterocycles. The summed E-state index contributed by atoms with van der Waals surface area (Å²) in [6, 6.07) is 1.01. The molecule has 2 unspecified atom stereocenters. The zero-order valence-electron chi connectivity index (χ0n) is 10.6. The Labute approximate surface area is 98.0 Å². The lowest BCUT2D eigenvalue weighted by atomic mass is 10.1. The molecule has 94 valence electrons. The van der Waals surface area contributed by atoms with E-state index >= 15 is 0 Å². The Kier molecular flexibility index (Phi) is 5.18. The van der Waals surface area contributed by atoms with E-state index in [0.29, 0.717) is 31.7 Å². The molecule has 0 saturated carbocycles. The molecule has 5 heteroatoms. The van der Waals surface area contributed by atoms with Gasteiger partial charge in [0.05, 0.1) is 6.54 Å². The fraction of sp³-hybridized carbons (Fsp3) is 0.909. The second-order valence-electron chi connectivity index (χ2n) is 4.70. The van der Waals surface area contributed by atoms with Crippen LogP contribution in [0.1, 0.15) is 13.8 Å². The van der Waals surface area contributed by atoms with Gasteiger partial charge < -0.3 is 11.1 Å². The Morgan fingerprint density at radius 1 is 1.38 bits per heavy atom. The van der Waals surface area contributed by atoms with Crippen molar-refractivity contribution in [3.8, 4) is 0 Å². The van der Waals surface area contributed by atoms with Crippen LogP contribution in [0.2, 0.25) is 0 Å². The van der Waals surface area contributed by atoms with E-state index in [4.69, 9.17) is 5.73 Å². The van der Waals surface area contributed by atoms with Gasteiger partial charge in [-0.25, -0.2) is 0 Å². The number of carbonyl (C=O) groups excluding carboxylic acids is 1. The van der Waals surface area contributed by atoms with Crippen molar-refractivity contribution in [2.24, 2.45) is 5.73 Å². The fourth-order valence-electron chi connectivity index (χ4n) is 2.11. The van der Waals surface area contributed by atoms with Crippen molar-refractivity contribution in [3.63, 3.8) is 0 Å². The Morgan fingerprint density at radius 2 is 1.94 bits per heavy atom. The van der Waals surface area contributed by atoms with Gasteiger partial charge in [0.2, 0.25) is 5.91 Å². The van der Waals surface area contributed by atoms with Crippen molar-refractivity contribution < 1.29 is 4.79 Å². The first-order chi connectivity index (χ1) is 7.54. The minimum absolute atomic E-state index is 0.0782. The van der Waals surface area contributed by atoms with Gasteiger partial charge in [-0.3, -0.25) is 14.6 Å². The van der Waals surface area contributed by atoms with Gasteiger partial charge in [0.15, 0.2) is 0 Å². The van der Waals surface area contributed by atoms with Gasteiger partial charge in [0.25, 0.3) is 0 Å². The average molecular weight is 228 g/mol. The van der Waals surface area contributed by atoms with Crippen LogP contribution in [-0.4, -0.2) is 67.6 Å². The number of likely N-dealkylation sites (N-methyl/N-ethyl adjacent to an activating group) is 1. The van der Waals surface area contributed by atoms with E-state index in [1.165, 1.54) is 0 Å². The van der Waals surface area contributed by atoms with Crippen LogP contribution in [0.15, 0.2) is 0 Å². The molecule has 0 aromatic carbocycles. The fourth-order valence-corrected chi connectivity index (χ4v) is 2.11. The lowest BCUT2D eigenvalue weighted by molar-refractivity contribution is -0.123. The number of piperazine rings is 1. The number of amides is 1. The van der Waals surface area contributed by atoms with Crippen LogP contribution in [0.4, 0.5) is 0 Å². The number of nitrogens with two attached hydrogens (primary N) is 1. The molecule has 0 aromatic rings. The Balaban J connectivity index is 2.35. The zero-order chi connectivity index (χ0) is 12.1. The van der Waals surface area contributed by atoms with E-state index in [2.05, 4.69) is 36.0 Å². The first-order valence-corrected chi connectivity index (χ1v) is 5.95. The van der Waals surface area contributed by atoms with E-state index in [1.54, 1.807) is 0 Å². The Morgan fingerprint density at radius 3 is 2.44 bits per heavy atom. The summed E-state index contributed by atoms with van der Waals surface area (Å²) < 4.78 is 0. The summed E-state index contributed by atoms with van der Waals surface area (Å²) >= 11 is 0. The van der Waals surface area contributed by atoms with E-state index in [9.17, 15) is 4.79 Å². The molecule has 5 nitrogen and oxygen atoms in total. The molecule has 3 N–H and O–H groups in total. The second kappa shape index (κ2) is 6.18. The maximum atomic E-state index is 11.5. The third-order valence-electron chi connectivity index (χ3n) is 3.27. The van der Waals surface area contributed by atoms with Crippen molar-refractivity contribution in [2.45, 2.75) is 25.9 Å². The van der Waals surface area contributed by atoms with Gasteiger partial charge >= 0.3 is 0 Å². The maximum absolute atomic E-state index is 11.5. The largest absolute Gasteiger partial charge is 0.354 e. The molecule has 1 saturated heterocycles. The van der Waals surface area contributed by atoms with Crippen LogP contribution in [0, 0.1) is 0 Å². The molecular formula is C11H24N4O. The van der Waals surface area contributed by atoms with Crippen molar-refractivity contribution >= 4 is 5.91 Å². The normalized spacial score (nSPS) is 28.0. The molecule has 1 amide bonds. The van der Waals surface area contributed by atoms with Gasteiger partial charge in [0.1, 0.15) is 0 Å². The first kappa shape index (κ1) is 13.4. The lowest BCUT2D eigenvalue weighted by Crippen LogP contribution is -2.56. The lowest BCUT2D eigenvalue weighted by Gasteiger charge is -2.42. The van der Waals surface area contributed by atoms with Crippen LogP contribution < -0.4 is 11.1 Å². The summed E-state index contributed by atoms with van der Waals surface area (Å²) in [7, 11) is 2.14. The second-order valence-corrected chi connectivity index (χ2v) is 4.70. The molecule has 1 rings (SSSR count). The average Bonchev–Trinajstić information content (AvgIpc) is 2.23. The van der Waals surface area contributed by atoms with Crippen molar-refractivity contribution in [2.75, 3.05) is 39.8 Å². The van der Waals surface area contributed by atoms with Gasteiger partial charge in [0, 0.05) is 38.3 Å². The van der Waals surface area contributed by atoms with Crippen LogP contribution in [0.5, 0.6) is 0 Å². The van der Waals surface area contributed by atoms with Crippen molar-refractivity contribution in [1.82, 2.24) is 15.1 Å². The highest BCUT2D eigenvalue weighted by atomic mass is 16.2. The quantitative estimate of drug-likeness (QED) is 0.654. The molecule has 1 aliphatic heterocycles. The molecule has 2 atom stereocenters. The summed E-state index contributed by atoms with van der Waals surface area (Å²) in [5, 5.41) is 2.80. The third-order valence-corrected chi connectivity index (χ3v) is 3.27. The molecule has 1 heterocycles. The van der Waals surface area contributed by atoms with Crippen molar-refractivity contribution in [1.29, 1.82) is 0 Å². The van der Waals surface area contributed by atoms with Gasteiger partial charge in [-0.2, -0.15) is 0 Å². The van der Waals surface area contributed by atoms with E-state index in [-0.39, 0.29) is 5.91 Å². The Hall–Kier alpha value is -0.650. The SMILES string of the molecule is CC1CN(CC(=O)NCCN)CC(C)N1C. The highest BCUT2D eigenvalue weighted by molar-refractivity contribution is 5.78. The predicted octanol–water partition coefficient (Wildman–Crippen LogP) is -0.914. The summed E-state index contributed by atoms with van der Waals surface area (Å²) in [4.78, 5) is 16.1. The molecule has 1 aliphatic rings. The molecule has 0 radical (unpaired) electrons. The number of hydrogen-bond donors (Lipinski definition) is 2. The van der Waals surface area contributed by atoms with Crippen LogP contribution >= 0.6 is 0 Å². The van der Waals surface area contributed by atoms with E-state index in [1.807, 2.05) is 0 Å². The predicted molar refractivity (Wildman–Crippen MR) is 65.2 cm³/mol.